The molecule has 2 N–H and O–H groups in total. The van der Waals surface area contributed by atoms with Crippen molar-refractivity contribution >= 4 is 34.8 Å². The van der Waals surface area contributed by atoms with Crippen LogP contribution >= 0.6 is 0 Å². The van der Waals surface area contributed by atoms with E-state index in [-0.39, 0.29) is 12.5 Å². The Bertz CT molecular complexity index is 1460. The molecule has 7 nitrogen and oxygen atoms in total. The van der Waals surface area contributed by atoms with E-state index in [1.165, 1.54) is 6.21 Å². The zero-order chi connectivity index (χ0) is 25.5. The molecule has 4 aromatic rings. The molecule has 0 aliphatic heterocycles. The molecule has 0 aromatic heterocycles. The van der Waals surface area contributed by atoms with E-state index in [2.05, 4.69) is 15.8 Å². The predicted molar refractivity (Wildman–Crippen MR) is 139 cm³/mol. The van der Waals surface area contributed by atoms with Gasteiger partial charge in [0, 0.05) is 11.1 Å². The van der Waals surface area contributed by atoms with Gasteiger partial charge in [-0.2, -0.15) is 5.10 Å². The van der Waals surface area contributed by atoms with E-state index >= 15 is 0 Å². The number of rotatable bonds is 7. The quantitative estimate of drug-likeness (QED) is 0.176. The Hall–Kier alpha value is -4.78. The maximum Gasteiger partial charge on any atom is 0.343 e. The van der Waals surface area contributed by atoms with E-state index in [9.17, 15) is 14.4 Å². The van der Waals surface area contributed by atoms with Crippen LogP contribution in [0, 0.1) is 13.8 Å². The molecule has 36 heavy (non-hydrogen) atoms. The number of hydrogen-bond donors (Lipinski definition) is 2. The molecule has 0 spiro atoms. The Morgan fingerprint density at radius 2 is 1.58 bits per heavy atom. The minimum Gasteiger partial charge on any atom is -0.422 e. The first-order valence-corrected chi connectivity index (χ1v) is 11.4. The predicted octanol–water partition coefficient (Wildman–Crippen LogP) is 4.56. The fourth-order valence-electron chi connectivity index (χ4n) is 3.64. The van der Waals surface area contributed by atoms with Crippen LogP contribution in [0.4, 0.5) is 0 Å². The van der Waals surface area contributed by atoms with Crippen LogP contribution < -0.4 is 15.5 Å². The van der Waals surface area contributed by atoms with Gasteiger partial charge in [-0.05, 0) is 54.4 Å². The average Bonchev–Trinajstić information content (AvgIpc) is 2.89. The molecule has 4 rings (SSSR count). The number of amides is 2. The first-order valence-electron chi connectivity index (χ1n) is 11.4. The summed E-state index contributed by atoms with van der Waals surface area (Å²) in [5.41, 5.74) is 5.73. The maximum absolute atomic E-state index is 12.7. The number of hydrazone groups is 1. The molecule has 0 fully saturated rings. The van der Waals surface area contributed by atoms with Crippen LogP contribution in [0.25, 0.3) is 10.8 Å². The van der Waals surface area contributed by atoms with Crippen molar-refractivity contribution in [3.63, 3.8) is 0 Å². The van der Waals surface area contributed by atoms with Crippen LogP contribution in [0.5, 0.6) is 5.75 Å². The van der Waals surface area contributed by atoms with Crippen LogP contribution in [0.1, 0.15) is 37.4 Å². The van der Waals surface area contributed by atoms with E-state index in [0.29, 0.717) is 22.4 Å². The number of fused-ring (bicyclic) bond motifs is 1. The molecule has 0 atom stereocenters. The third kappa shape index (κ3) is 5.82. The van der Waals surface area contributed by atoms with Gasteiger partial charge in [0.15, 0.2) is 0 Å². The van der Waals surface area contributed by atoms with E-state index in [1.807, 2.05) is 68.4 Å². The highest BCUT2D eigenvalue weighted by Crippen LogP contribution is 2.27. The largest absolute Gasteiger partial charge is 0.422 e. The average molecular weight is 480 g/mol. The molecule has 0 heterocycles. The molecule has 0 aliphatic rings. The lowest BCUT2D eigenvalue weighted by Crippen LogP contribution is -2.35. The molecule has 0 bridgehead atoms. The Morgan fingerprint density at radius 1 is 0.861 bits per heavy atom. The number of nitrogens with zero attached hydrogens (tertiary/aromatic N) is 1. The van der Waals surface area contributed by atoms with Crippen molar-refractivity contribution in [1.29, 1.82) is 0 Å². The fraction of sp³-hybridized carbons (Fsp3) is 0.103. The van der Waals surface area contributed by atoms with Gasteiger partial charge in [0.25, 0.3) is 11.8 Å². The topological polar surface area (TPSA) is 96.9 Å². The molecule has 0 saturated heterocycles. The van der Waals surface area contributed by atoms with Crippen molar-refractivity contribution in [3.05, 3.63) is 113 Å². The van der Waals surface area contributed by atoms with Crippen molar-refractivity contribution < 1.29 is 19.1 Å². The van der Waals surface area contributed by atoms with Gasteiger partial charge in [-0.15, -0.1) is 0 Å². The summed E-state index contributed by atoms with van der Waals surface area (Å²) in [5.74, 6) is -1.02. The van der Waals surface area contributed by atoms with Crippen LogP contribution in [0.3, 0.4) is 0 Å². The van der Waals surface area contributed by atoms with Gasteiger partial charge in [0.2, 0.25) is 0 Å². The maximum atomic E-state index is 12.7. The molecular weight excluding hydrogens is 454 g/mol. The number of nitrogens with one attached hydrogen (secondary N) is 2. The number of aryl methyl sites for hydroxylation is 2. The second kappa shape index (κ2) is 11.1. The van der Waals surface area contributed by atoms with Gasteiger partial charge in [-0.1, -0.05) is 66.2 Å². The van der Waals surface area contributed by atoms with Crippen LogP contribution in [0.2, 0.25) is 0 Å². The Kier molecular flexibility index (Phi) is 7.51. The lowest BCUT2D eigenvalue weighted by atomic mass is 10.0. The summed E-state index contributed by atoms with van der Waals surface area (Å²) in [4.78, 5) is 37.3. The Labute approximate surface area is 208 Å². The highest BCUT2D eigenvalue weighted by molar-refractivity contribution is 6.04. The van der Waals surface area contributed by atoms with Gasteiger partial charge in [0.05, 0.1) is 18.3 Å². The van der Waals surface area contributed by atoms with Crippen LogP contribution in [-0.2, 0) is 4.79 Å². The van der Waals surface area contributed by atoms with Gasteiger partial charge < -0.3 is 10.1 Å². The van der Waals surface area contributed by atoms with E-state index < -0.39 is 11.9 Å². The third-order valence-electron chi connectivity index (χ3n) is 5.60. The normalized spacial score (nSPS) is 10.8. The summed E-state index contributed by atoms with van der Waals surface area (Å²) >= 11 is 0. The zero-order valence-electron chi connectivity index (χ0n) is 19.9. The number of benzene rings is 4. The lowest BCUT2D eigenvalue weighted by molar-refractivity contribution is -0.120. The number of esters is 1. The molecule has 0 saturated carbocycles. The van der Waals surface area contributed by atoms with Crippen molar-refractivity contribution in [1.82, 2.24) is 10.7 Å². The highest BCUT2D eigenvalue weighted by atomic mass is 16.5. The van der Waals surface area contributed by atoms with Gasteiger partial charge in [0.1, 0.15) is 5.75 Å². The molecule has 7 heteroatoms. The van der Waals surface area contributed by atoms with Crippen molar-refractivity contribution in [2.45, 2.75) is 13.8 Å². The molecule has 0 aliphatic carbocycles. The first kappa shape index (κ1) is 24.3. The molecule has 0 radical (unpaired) electrons. The Morgan fingerprint density at radius 3 is 2.36 bits per heavy atom. The number of hydrogen-bond acceptors (Lipinski definition) is 5. The summed E-state index contributed by atoms with van der Waals surface area (Å²) < 4.78 is 5.68. The summed E-state index contributed by atoms with van der Waals surface area (Å²) in [6, 6.07) is 25.3. The highest BCUT2D eigenvalue weighted by Gasteiger charge is 2.14. The van der Waals surface area contributed by atoms with Crippen LogP contribution in [-0.4, -0.2) is 30.5 Å². The smallest absolute Gasteiger partial charge is 0.343 e. The third-order valence-corrected chi connectivity index (χ3v) is 5.60. The second-order valence-electron chi connectivity index (χ2n) is 8.24. The van der Waals surface area contributed by atoms with Crippen molar-refractivity contribution in [2.24, 2.45) is 5.10 Å². The summed E-state index contributed by atoms with van der Waals surface area (Å²) in [6.45, 7) is 3.53. The first-order chi connectivity index (χ1) is 17.4. The van der Waals surface area contributed by atoms with E-state index in [1.54, 1.807) is 30.3 Å². The second-order valence-corrected chi connectivity index (χ2v) is 8.24. The van der Waals surface area contributed by atoms with Crippen molar-refractivity contribution in [3.8, 4) is 5.75 Å². The van der Waals surface area contributed by atoms with Crippen molar-refractivity contribution in [2.75, 3.05) is 6.54 Å². The summed E-state index contributed by atoms with van der Waals surface area (Å²) in [6.07, 6.45) is 1.43. The zero-order valence-corrected chi connectivity index (χ0v) is 19.9. The molecule has 180 valence electrons. The SMILES string of the molecule is Cc1ccc(C(=O)Oc2ccc3ccccc3c2/C=N/NC(=O)CNC(=O)c2ccccc2C)cc1. The minimum absolute atomic E-state index is 0.241. The molecule has 4 aromatic carbocycles. The minimum atomic E-state index is -0.497. The monoisotopic (exact) mass is 479 g/mol. The number of ether oxygens (including phenoxy) is 1. The van der Waals surface area contributed by atoms with Crippen LogP contribution in [0.15, 0.2) is 90.0 Å². The van der Waals surface area contributed by atoms with E-state index in [4.69, 9.17) is 4.74 Å². The summed E-state index contributed by atoms with van der Waals surface area (Å²) in [5, 5.41) is 8.35. The van der Waals surface area contributed by atoms with Gasteiger partial charge in [-0.3, -0.25) is 9.59 Å². The van der Waals surface area contributed by atoms with Gasteiger partial charge in [-0.25, -0.2) is 10.2 Å². The Balaban J connectivity index is 1.47. The van der Waals surface area contributed by atoms with E-state index in [0.717, 1.165) is 21.9 Å². The lowest BCUT2D eigenvalue weighted by Gasteiger charge is -2.11. The number of carbonyl (C=O) groups is 3. The van der Waals surface area contributed by atoms with Gasteiger partial charge >= 0.3 is 5.97 Å². The molecule has 0 unspecified atom stereocenters. The standard InChI is InChI=1S/C29H25N3O4/c1-19-11-13-22(14-12-19)29(35)36-26-16-15-21-8-4-6-10-24(21)25(26)17-31-32-27(33)18-30-28(34)23-9-5-3-7-20(23)2/h3-17H,18H2,1-2H3,(H,30,34)(H,32,33)/b31-17+. The number of carbonyl (C=O) groups excluding carboxylic acids is 3. The molecule has 2 amide bonds. The fourth-order valence-corrected chi connectivity index (χ4v) is 3.64. The molecular formula is C29H25N3O4. The summed E-state index contributed by atoms with van der Waals surface area (Å²) in [7, 11) is 0.